The highest BCUT2D eigenvalue weighted by atomic mass is 19.1. The van der Waals surface area contributed by atoms with Crippen molar-refractivity contribution in [2.24, 2.45) is 0 Å². The average molecular weight is 695 g/mol. The molecule has 6 heteroatoms. The van der Waals surface area contributed by atoms with E-state index in [0.717, 1.165) is 62.0 Å². The van der Waals surface area contributed by atoms with Crippen LogP contribution in [-0.4, -0.2) is 16.2 Å². The Hall–Kier alpha value is -6.40. The van der Waals surface area contributed by atoms with E-state index in [1.165, 1.54) is 39.8 Å². The minimum atomic E-state index is -0.250. The summed E-state index contributed by atoms with van der Waals surface area (Å²) in [5, 5.41) is 2.31. The largest absolute Gasteiger partial charge is 0.457 e. The van der Waals surface area contributed by atoms with E-state index in [9.17, 15) is 4.39 Å². The Labute approximate surface area is 309 Å². The lowest BCUT2D eigenvalue weighted by Crippen LogP contribution is -2.24. The van der Waals surface area contributed by atoms with E-state index in [0.29, 0.717) is 12.6 Å². The highest BCUT2D eigenvalue weighted by Gasteiger charge is 2.29. The highest BCUT2D eigenvalue weighted by Crippen LogP contribution is 2.46. The predicted octanol–water partition coefficient (Wildman–Crippen LogP) is 12.8. The van der Waals surface area contributed by atoms with Gasteiger partial charge in [-0.1, -0.05) is 62.4 Å². The monoisotopic (exact) mass is 694 g/mol. The lowest BCUT2D eigenvalue weighted by atomic mass is 9.95. The summed E-state index contributed by atoms with van der Waals surface area (Å²) in [6.45, 7) is 9.30. The summed E-state index contributed by atoms with van der Waals surface area (Å²) in [6.07, 6.45) is 1.90. The molecule has 0 aliphatic carbocycles. The Balaban J connectivity index is 1.18. The van der Waals surface area contributed by atoms with Crippen LogP contribution in [0.4, 0.5) is 27.1 Å². The zero-order valence-electron chi connectivity index (χ0n) is 30.2. The van der Waals surface area contributed by atoms with Gasteiger partial charge >= 0.3 is 0 Å². The molecule has 0 N–H and O–H groups in total. The number of aryl methyl sites for hydroxylation is 2. The maximum atomic E-state index is 14.0. The molecule has 3 heterocycles. The Morgan fingerprint density at radius 3 is 2.08 bits per heavy atom. The summed E-state index contributed by atoms with van der Waals surface area (Å²) in [7, 11) is 0. The summed E-state index contributed by atoms with van der Waals surface area (Å²) in [5.74, 6) is 2.49. The first-order chi connectivity index (χ1) is 25.8. The first-order valence-corrected chi connectivity index (χ1v) is 18.1. The molecule has 1 aliphatic rings. The molecule has 0 spiro atoms. The second kappa shape index (κ2) is 13.0. The quantitative estimate of drug-likeness (QED) is 0.166. The van der Waals surface area contributed by atoms with Crippen molar-refractivity contribution in [3.63, 3.8) is 0 Å². The second-order valence-electron chi connectivity index (χ2n) is 14.2. The lowest BCUT2D eigenvalue weighted by Gasteiger charge is -2.24. The van der Waals surface area contributed by atoms with Gasteiger partial charge in [0.1, 0.15) is 29.8 Å². The van der Waals surface area contributed by atoms with Gasteiger partial charge in [-0.05, 0) is 126 Å². The number of pyridine rings is 1. The lowest BCUT2D eigenvalue weighted by molar-refractivity contribution is 0.483. The highest BCUT2D eigenvalue weighted by molar-refractivity contribution is 6.09. The molecule has 1 aliphatic heterocycles. The smallest absolute Gasteiger partial charge is 0.137 e. The van der Waals surface area contributed by atoms with E-state index < -0.39 is 0 Å². The van der Waals surface area contributed by atoms with Crippen LogP contribution in [0.15, 0.2) is 146 Å². The first-order valence-electron chi connectivity index (χ1n) is 18.1. The van der Waals surface area contributed by atoms with Crippen LogP contribution in [0.1, 0.15) is 36.5 Å². The Morgan fingerprint density at radius 1 is 0.623 bits per heavy atom. The number of hydrogen-bond acceptors (Lipinski definition) is 4. The Morgan fingerprint density at radius 2 is 1.32 bits per heavy atom. The number of aromatic nitrogens is 2. The summed E-state index contributed by atoms with van der Waals surface area (Å²) < 4.78 is 23.1. The molecule has 0 saturated heterocycles. The first kappa shape index (κ1) is 32.5. The zero-order valence-corrected chi connectivity index (χ0v) is 30.2. The fourth-order valence-corrected chi connectivity index (χ4v) is 7.80. The fourth-order valence-electron chi connectivity index (χ4n) is 7.80. The molecule has 8 aromatic rings. The minimum absolute atomic E-state index is 0.250. The maximum absolute atomic E-state index is 14.0. The van der Waals surface area contributed by atoms with Gasteiger partial charge < -0.3 is 14.5 Å². The van der Waals surface area contributed by atoms with Gasteiger partial charge in [-0.25, -0.2) is 9.37 Å². The van der Waals surface area contributed by atoms with Gasteiger partial charge in [0.05, 0.1) is 22.4 Å². The summed E-state index contributed by atoms with van der Waals surface area (Å²) in [4.78, 5) is 9.36. The molecule has 53 heavy (non-hydrogen) atoms. The molecule has 0 atom stereocenters. The summed E-state index contributed by atoms with van der Waals surface area (Å²) in [5.41, 5.74) is 12.1. The number of nitrogens with zero attached hydrogens (tertiary/aromatic N) is 4. The van der Waals surface area contributed by atoms with Crippen molar-refractivity contribution >= 4 is 44.6 Å². The van der Waals surface area contributed by atoms with Crippen LogP contribution in [0.25, 0.3) is 38.8 Å². The number of ether oxygens (including phenoxy) is 1. The Kier molecular flexibility index (Phi) is 7.96. The minimum Gasteiger partial charge on any atom is -0.457 e. The van der Waals surface area contributed by atoms with E-state index in [1.54, 1.807) is 0 Å². The molecule has 6 aromatic carbocycles. The van der Waals surface area contributed by atoms with Crippen LogP contribution < -0.4 is 14.5 Å². The Bertz CT molecular complexity index is 2640. The van der Waals surface area contributed by atoms with Gasteiger partial charge in [0, 0.05) is 40.5 Å². The van der Waals surface area contributed by atoms with Crippen molar-refractivity contribution in [3.05, 3.63) is 168 Å². The fraction of sp³-hybridized carbons (Fsp3) is 0.128. The molecule has 2 aromatic heterocycles. The predicted molar refractivity (Wildman–Crippen MR) is 216 cm³/mol. The van der Waals surface area contributed by atoms with Gasteiger partial charge in [-0.3, -0.25) is 4.57 Å². The van der Waals surface area contributed by atoms with Crippen LogP contribution >= 0.6 is 0 Å². The number of halogens is 1. The molecule has 0 unspecified atom stereocenters. The third kappa shape index (κ3) is 5.77. The SMILES string of the molecule is Cc1cccc(C)c1-c1cc(Oc2ccc3c4ccccc4n(-c4cc(C(C)C)ccn4)c3c2)cc(N2CN(c3ccc(F)cc3)c3ccccc32)c1. The molecule has 0 amide bonds. The molecular weight excluding hydrogens is 656 g/mol. The van der Waals surface area contributed by atoms with Gasteiger partial charge in [0.15, 0.2) is 0 Å². The zero-order chi connectivity index (χ0) is 36.2. The van der Waals surface area contributed by atoms with Crippen LogP contribution in [-0.2, 0) is 0 Å². The number of hydrogen-bond donors (Lipinski definition) is 0. The van der Waals surface area contributed by atoms with Gasteiger partial charge in [-0.2, -0.15) is 0 Å². The molecule has 5 nitrogen and oxygen atoms in total. The average Bonchev–Trinajstić information content (AvgIpc) is 3.71. The number of anilines is 4. The maximum Gasteiger partial charge on any atom is 0.137 e. The van der Waals surface area contributed by atoms with E-state index in [4.69, 9.17) is 9.72 Å². The van der Waals surface area contributed by atoms with E-state index in [-0.39, 0.29) is 5.82 Å². The number of rotatable bonds is 7. The second-order valence-corrected chi connectivity index (χ2v) is 14.2. The van der Waals surface area contributed by atoms with Crippen LogP contribution in [0.5, 0.6) is 11.5 Å². The third-order valence-electron chi connectivity index (χ3n) is 10.4. The van der Waals surface area contributed by atoms with Crippen molar-refractivity contribution in [2.45, 2.75) is 33.6 Å². The molecule has 9 rings (SSSR count). The normalized spacial score (nSPS) is 12.6. The number of para-hydroxylation sites is 3. The molecule has 0 fully saturated rings. The summed E-state index contributed by atoms with van der Waals surface area (Å²) >= 11 is 0. The third-order valence-corrected chi connectivity index (χ3v) is 10.4. The molecule has 0 saturated carbocycles. The van der Waals surface area contributed by atoms with Crippen LogP contribution in [0.2, 0.25) is 0 Å². The van der Waals surface area contributed by atoms with E-state index in [1.807, 2.05) is 24.4 Å². The molecule has 260 valence electrons. The van der Waals surface area contributed by atoms with Gasteiger partial charge in [0.25, 0.3) is 0 Å². The number of benzene rings is 6. The van der Waals surface area contributed by atoms with Gasteiger partial charge in [-0.15, -0.1) is 0 Å². The van der Waals surface area contributed by atoms with Crippen LogP contribution in [0.3, 0.4) is 0 Å². The van der Waals surface area contributed by atoms with Crippen LogP contribution in [0, 0.1) is 19.7 Å². The standard InChI is InChI=1S/C47H39FN4O/c1-30(2)33-22-23-49-46(26-33)52-42-13-6-5-12-40(42)41-21-20-38(28-45(41)52)53-39-25-34(47-31(3)10-9-11-32(47)4)24-37(27-39)51-29-50(36-18-16-35(48)17-19-36)43-14-7-8-15-44(43)51/h5-28,30H,29H2,1-4H3. The molecular formula is C47H39FN4O. The van der Waals surface area contributed by atoms with E-state index in [2.05, 4.69) is 151 Å². The van der Waals surface area contributed by atoms with Crippen molar-refractivity contribution in [2.75, 3.05) is 16.5 Å². The molecule has 0 radical (unpaired) electrons. The van der Waals surface area contributed by atoms with Gasteiger partial charge in [0.2, 0.25) is 0 Å². The van der Waals surface area contributed by atoms with Crippen molar-refractivity contribution in [1.29, 1.82) is 0 Å². The van der Waals surface area contributed by atoms with Crippen molar-refractivity contribution in [3.8, 4) is 28.4 Å². The van der Waals surface area contributed by atoms with Crippen molar-refractivity contribution in [1.82, 2.24) is 9.55 Å². The summed E-state index contributed by atoms with van der Waals surface area (Å²) in [6, 6.07) is 47.1. The number of fused-ring (bicyclic) bond motifs is 4. The van der Waals surface area contributed by atoms with E-state index >= 15 is 0 Å². The van der Waals surface area contributed by atoms with Crippen molar-refractivity contribution < 1.29 is 9.13 Å². The molecule has 0 bridgehead atoms. The topological polar surface area (TPSA) is 33.5 Å².